The molecule has 0 bridgehead atoms. The average Bonchev–Trinajstić information content (AvgIpc) is 2.88. The van der Waals surface area contributed by atoms with Crippen molar-refractivity contribution in [3.8, 4) is 0 Å². The van der Waals surface area contributed by atoms with Gasteiger partial charge in [-0.05, 0) is 31.2 Å². The zero-order valence-electron chi connectivity index (χ0n) is 20.2. The number of nitrogens with one attached hydrogen (secondary N) is 1. The van der Waals surface area contributed by atoms with Crippen molar-refractivity contribution in [3.05, 3.63) is 46.9 Å². The van der Waals surface area contributed by atoms with Crippen LogP contribution in [0.25, 0.3) is 0 Å². The monoisotopic (exact) mass is 536 g/mol. The second-order valence-electron chi connectivity index (χ2n) is 8.72. The predicted molar refractivity (Wildman–Crippen MR) is 137 cm³/mol. The smallest absolute Gasteiger partial charge is 0.254 e. The van der Waals surface area contributed by atoms with Gasteiger partial charge in [0, 0.05) is 63.5 Å². The molecule has 0 radical (unpaired) electrons. The van der Waals surface area contributed by atoms with Crippen LogP contribution in [0.2, 0.25) is 5.15 Å². The maximum absolute atomic E-state index is 13.2. The molecule has 2 aromatic rings. The van der Waals surface area contributed by atoms with Crippen molar-refractivity contribution in [3.63, 3.8) is 0 Å². The number of piperazine rings is 1. The lowest BCUT2D eigenvalue weighted by Crippen LogP contribution is -2.54. The van der Waals surface area contributed by atoms with E-state index >= 15 is 0 Å². The zero-order chi connectivity index (χ0) is 25.5. The first kappa shape index (κ1) is 26.6. The number of aromatic nitrogens is 2. The molecule has 1 unspecified atom stereocenters. The molecular weight excluding hydrogens is 507 g/mol. The van der Waals surface area contributed by atoms with Crippen molar-refractivity contribution in [1.82, 2.24) is 25.1 Å². The van der Waals surface area contributed by atoms with Crippen LogP contribution >= 0.6 is 23.4 Å². The number of carbonyl (C=O) groups excluding carboxylic acids is 2. The Morgan fingerprint density at radius 2 is 1.92 bits per heavy atom. The van der Waals surface area contributed by atoms with E-state index < -0.39 is 0 Å². The van der Waals surface area contributed by atoms with E-state index in [1.807, 2.05) is 6.92 Å². The number of morpholine rings is 1. The minimum Gasteiger partial charge on any atom is -0.379 e. The summed E-state index contributed by atoms with van der Waals surface area (Å²) in [6.07, 6.45) is 0. The predicted octanol–water partition coefficient (Wildman–Crippen LogP) is 2.16. The van der Waals surface area contributed by atoms with Gasteiger partial charge in [0.1, 0.15) is 16.8 Å². The van der Waals surface area contributed by atoms with Crippen molar-refractivity contribution >= 4 is 41.0 Å². The van der Waals surface area contributed by atoms with E-state index in [0.29, 0.717) is 47.9 Å². The van der Waals surface area contributed by atoms with Crippen LogP contribution in [0.1, 0.15) is 17.3 Å². The van der Waals surface area contributed by atoms with Crippen LogP contribution in [-0.2, 0) is 9.53 Å². The maximum Gasteiger partial charge on any atom is 0.254 e. The number of amides is 2. The Morgan fingerprint density at radius 1 is 1.17 bits per heavy atom. The Kier molecular flexibility index (Phi) is 9.35. The Bertz CT molecular complexity index is 1060. The molecule has 12 heteroatoms. The quantitative estimate of drug-likeness (QED) is 0.312. The van der Waals surface area contributed by atoms with E-state index in [-0.39, 0.29) is 29.4 Å². The summed E-state index contributed by atoms with van der Waals surface area (Å²) in [5, 5.41) is 3.66. The van der Waals surface area contributed by atoms with Crippen LogP contribution in [0.4, 0.5) is 10.2 Å². The number of anilines is 1. The van der Waals surface area contributed by atoms with Crippen molar-refractivity contribution in [2.24, 2.45) is 0 Å². The second kappa shape index (κ2) is 12.7. The number of hydrogen-bond acceptors (Lipinski definition) is 8. The van der Waals surface area contributed by atoms with Crippen LogP contribution in [-0.4, -0.2) is 102 Å². The molecular formula is C24H30ClFN6O3S. The van der Waals surface area contributed by atoms with Gasteiger partial charge in [0.2, 0.25) is 5.91 Å². The molecule has 0 spiro atoms. The van der Waals surface area contributed by atoms with Gasteiger partial charge >= 0.3 is 0 Å². The van der Waals surface area contributed by atoms with Gasteiger partial charge in [0.15, 0.2) is 5.16 Å². The van der Waals surface area contributed by atoms with E-state index in [9.17, 15) is 14.0 Å². The number of nitrogens with zero attached hydrogens (tertiary/aromatic N) is 5. The highest BCUT2D eigenvalue weighted by Gasteiger charge is 2.29. The average molecular weight is 537 g/mol. The van der Waals surface area contributed by atoms with Crippen LogP contribution in [0, 0.1) is 5.82 Å². The van der Waals surface area contributed by atoms with E-state index in [1.165, 1.54) is 36.0 Å². The van der Waals surface area contributed by atoms with Gasteiger partial charge in [-0.25, -0.2) is 14.4 Å². The van der Waals surface area contributed by atoms with Crippen molar-refractivity contribution in [2.75, 3.05) is 69.7 Å². The summed E-state index contributed by atoms with van der Waals surface area (Å²) in [5.41, 5.74) is 0.462. The molecule has 2 saturated heterocycles. The zero-order valence-corrected chi connectivity index (χ0v) is 21.7. The number of thioether (sulfide) groups is 1. The van der Waals surface area contributed by atoms with Gasteiger partial charge in [-0.15, -0.1) is 0 Å². The highest BCUT2D eigenvalue weighted by Crippen LogP contribution is 2.24. The SMILES string of the molecule is CC1CN(c2cc(Cl)nc(SCC(=O)NCCN3CCOCC3)n2)CCN1C(=O)c1ccc(F)cc1. The summed E-state index contributed by atoms with van der Waals surface area (Å²) in [6, 6.07) is 7.20. The number of hydrogen-bond donors (Lipinski definition) is 1. The van der Waals surface area contributed by atoms with Gasteiger partial charge in [-0.3, -0.25) is 14.5 Å². The fraction of sp³-hybridized carbons (Fsp3) is 0.500. The number of carbonyl (C=O) groups is 2. The molecule has 9 nitrogen and oxygen atoms in total. The standard InChI is InChI=1S/C24H30ClFN6O3S/c1-17-15-31(8-9-32(17)23(34)18-2-4-19(26)5-3-18)21-14-20(25)28-24(29-21)36-16-22(33)27-6-7-30-10-12-35-13-11-30/h2-5,14,17H,6-13,15-16H2,1H3,(H,27,33). The fourth-order valence-corrected chi connectivity index (χ4v) is 5.11. The van der Waals surface area contributed by atoms with Gasteiger partial charge < -0.3 is 19.9 Å². The topological polar surface area (TPSA) is 90.9 Å². The third kappa shape index (κ3) is 7.28. The summed E-state index contributed by atoms with van der Waals surface area (Å²) in [4.78, 5) is 40.1. The third-order valence-corrected chi connectivity index (χ3v) is 7.19. The van der Waals surface area contributed by atoms with Gasteiger partial charge in [-0.1, -0.05) is 23.4 Å². The minimum absolute atomic E-state index is 0.0834. The van der Waals surface area contributed by atoms with Gasteiger partial charge in [0.05, 0.1) is 19.0 Å². The molecule has 0 aliphatic carbocycles. The molecule has 1 atom stereocenters. The third-order valence-electron chi connectivity index (χ3n) is 6.15. The van der Waals surface area contributed by atoms with Crippen LogP contribution in [0.5, 0.6) is 0 Å². The van der Waals surface area contributed by atoms with Crippen LogP contribution < -0.4 is 10.2 Å². The molecule has 0 saturated carbocycles. The van der Waals surface area contributed by atoms with E-state index in [1.54, 1.807) is 11.0 Å². The molecule has 3 heterocycles. The molecule has 1 aromatic carbocycles. The van der Waals surface area contributed by atoms with Gasteiger partial charge in [-0.2, -0.15) is 0 Å². The summed E-state index contributed by atoms with van der Waals surface area (Å²) in [7, 11) is 0. The lowest BCUT2D eigenvalue weighted by atomic mass is 10.1. The Morgan fingerprint density at radius 3 is 2.64 bits per heavy atom. The second-order valence-corrected chi connectivity index (χ2v) is 10.1. The molecule has 2 aliphatic heterocycles. The molecule has 194 valence electrons. The van der Waals surface area contributed by atoms with Gasteiger partial charge in [0.25, 0.3) is 5.91 Å². The summed E-state index contributed by atoms with van der Waals surface area (Å²) in [6.45, 7) is 8.20. The molecule has 2 amide bonds. The number of ether oxygens (including phenoxy) is 1. The maximum atomic E-state index is 13.2. The first-order chi connectivity index (χ1) is 17.4. The Hall–Kier alpha value is -2.47. The lowest BCUT2D eigenvalue weighted by Gasteiger charge is -2.40. The first-order valence-corrected chi connectivity index (χ1v) is 13.3. The Labute approximate surface area is 219 Å². The minimum atomic E-state index is -0.371. The normalized spacial score (nSPS) is 18.8. The Balaban J connectivity index is 1.28. The van der Waals surface area contributed by atoms with Crippen LogP contribution in [0.15, 0.2) is 35.5 Å². The molecule has 1 aromatic heterocycles. The molecule has 2 fully saturated rings. The van der Waals surface area contributed by atoms with Crippen molar-refractivity contribution in [1.29, 1.82) is 0 Å². The highest BCUT2D eigenvalue weighted by atomic mass is 35.5. The molecule has 4 rings (SSSR count). The summed E-state index contributed by atoms with van der Waals surface area (Å²) >= 11 is 7.50. The van der Waals surface area contributed by atoms with E-state index in [0.717, 1.165) is 32.8 Å². The van der Waals surface area contributed by atoms with Crippen LogP contribution in [0.3, 0.4) is 0 Å². The van der Waals surface area contributed by atoms with Crippen molar-refractivity contribution < 1.29 is 18.7 Å². The number of halogens is 2. The van der Waals surface area contributed by atoms with E-state index in [2.05, 4.69) is 25.1 Å². The number of benzene rings is 1. The lowest BCUT2D eigenvalue weighted by molar-refractivity contribution is -0.118. The molecule has 1 N–H and O–H groups in total. The largest absolute Gasteiger partial charge is 0.379 e. The molecule has 2 aliphatic rings. The fourth-order valence-electron chi connectivity index (χ4n) is 4.20. The summed E-state index contributed by atoms with van der Waals surface area (Å²) < 4.78 is 18.5. The summed E-state index contributed by atoms with van der Waals surface area (Å²) in [5.74, 6) is 0.271. The first-order valence-electron chi connectivity index (χ1n) is 11.9. The van der Waals surface area contributed by atoms with E-state index in [4.69, 9.17) is 16.3 Å². The highest BCUT2D eigenvalue weighted by molar-refractivity contribution is 7.99. The van der Waals surface area contributed by atoms with Crippen molar-refractivity contribution in [2.45, 2.75) is 18.1 Å². The molecule has 36 heavy (non-hydrogen) atoms. The number of rotatable bonds is 8.